The monoisotopic (exact) mass is 489 g/mol. The van der Waals surface area contributed by atoms with Crippen molar-refractivity contribution < 1.29 is 19.1 Å². The van der Waals surface area contributed by atoms with Crippen LogP contribution in [-0.4, -0.2) is 22.7 Å². The van der Waals surface area contributed by atoms with Crippen LogP contribution in [-0.2, 0) is 26.4 Å². The number of rotatable bonds is 8. The molecule has 3 aromatic rings. The van der Waals surface area contributed by atoms with Gasteiger partial charge >= 0.3 is 0 Å². The van der Waals surface area contributed by atoms with Crippen molar-refractivity contribution in [3.63, 3.8) is 0 Å². The average molecular weight is 490 g/mol. The van der Waals surface area contributed by atoms with E-state index in [1.165, 1.54) is 6.08 Å². The molecule has 2 heterocycles. The number of hydrogen-bond donors (Lipinski definition) is 2. The standard InChI is InChI=1S/C27H27N3O4S/c1-3-27(14-13-25(32)30-26(27)33)20-8-10-21(11-9-20)29-24(31)12-7-19-5-4-6-23(15-19)34-16-22-17-35-18(2)28-22/h4-12,15,17H,3,13-14,16H2,1-2H3,(H,29,31)(H,30,32,33)/b12-7+. The molecule has 1 saturated heterocycles. The zero-order valence-corrected chi connectivity index (χ0v) is 20.5. The molecule has 1 aromatic heterocycles. The first kappa shape index (κ1) is 24.3. The molecule has 2 N–H and O–H groups in total. The fourth-order valence-corrected chi connectivity index (χ4v) is 4.73. The van der Waals surface area contributed by atoms with Gasteiger partial charge in [-0.15, -0.1) is 11.3 Å². The first-order valence-electron chi connectivity index (χ1n) is 11.5. The predicted octanol–water partition coefficient (Wildman–Crippen LogP) is 4.77. The second kappa shape index (κ2) is 10.7. The van der Waals surface area contributed by atoms with Gasteiger partial charge in [0.15, 0.2) is 0 Å². The Morgan fingerprint density at radius 2 is 2.03 bits per heavy atom. The number of benzene rings is 2. The molecule has 180 valence electrons. The van der Waals surface area contributed by atoms with Gasteiger partial charge in [0.2, 0.25) is 17.7 Å². The summed E-state index contributed by atoms with van der Waals surface area (Å²) in [6.45, 7) is 4.29. The zero-order chi connectivity index (χ0) is 24.8. The Kier molecular flexibility index (Phi) is 7.41. The number of thiazole rings is 1. The lowest BCUT2D eigenvalue weighted by Gasteiger charge is -2.35. The third-order valence-electron chi connectivity index (χ3n) is 6.11. The maximum absolute atomic E-state index is 12.6. The quantitative estimate of drug-likeness (QED) is 0.351. The summed E-state index contributed by atoms with van der Waals surface area (Å²) in [5.74, 6) is -0.0643. The zero-order valence-electron chi connectivity index (χ0n) is 19.7. The van der Waals surface area contributed by atoms with E-state index in [2.05, 4.69) is 15.6 Å². The Labute approximate surface area is 208 Å². The molecule has 0 bridgehead atoms. The van der Waals surface area contributed by atoms with Crippen LogP contribution in [0, 0.1) is 6.92 Å². The van der Waals surface area contributed by atoms with E-state index >= 15 is 0 Å². The molecule has 1 aliphatic heterocycles. The van der Waals surface area contributed by atoms with Crippen LogP contribution in [0.2, 0.25) is 0 Å². The molecule has 8 heteroatoms. The van der Waals surface area contributed by atoms with Crippen LogP contribution < -0.4 is 15.4 Å². The molecule has 7 nitrogen and oxygen atoms in total. The fourth-order valence-electron chi connectivity index (χ4n) is 4.13. The first-order valence-corrected chi connectivity index (χ1v) is 12.3. The summed E-state index contributed by atoms with van der Waals surface area (Å²) in [4.78, 5) is 40.9. The number of aryl methyl sites for hydroxylation is 1. The molecule has 1 fully saturated rings. The number of piperidine rings is 1. The molecule has 0 saturated carbocycles. The van der Waals surface area contributed by atoms with Crippen molar-refractivity contribution in [3.05, 3.63) is 81.8 Å². The van der Waals surface area contributed by atoms with Crippen LogP contribution in [0.1, 0.15) is 48.0 Å². The van der Waals surface area contributed by atoms with E-state index in [4.69, 9.17) is 4.74 Å². The molecule has 3 amide bonds. The molecule has 2 aromatic carbocycles. The molecule has 1 unspecified atom stereocenters. The third-order valence-corrected chi connectivity index (χ3v) is 6.94. The van der Waals surface area contributed by atoms with Gasteiger partial charge in [-0.1, -0.05) is 31.2 Å². The first-order chi connectivity index (χ1) is 16.9. The van der Waals surface area contributed by atoms with E-state index < -0.39 is 5.41 Å². The largest absolute Gasteiger partial charge is 0.487 e. The summed E-state index contributed by atoms with van der Waals surface area (Å²) in [5.41, 5.74) is 2.47. The number of anilines is 1. The third kappa shape index (κ3) is 5.84. The van der Waals surface area contributed by atoms with Crippen molar-refractivity contribution in [1.82, 2.24) is 10.3 Å². The minimum absolute atomic E-state index is 0.235. The number of imide groups is 1. The van der Waals surface area contributed by atoms with Gasteiger partial charge < -0.3 is 10.1 Å². The number of carbonyl (C=O) groups is 3. The highest BCUT2D eigenvalue weighted by atomic mass is 32.1. The minimum Gasteiger partial charge on any atom is -0.487 e. The van der Waals surface area contributed by atoms with Gasteiger partial charge in [-0.25, -0.2) is 4.98 Å². The van der Waals surface area contributed by atoms with Crippen LogP contribution in [0.3, 0.4) is 0 Å². The van der Waals surface area contributed by atoms with Crippen molar-refractivity contribution in [1.29, 1.82) is 0 Å². The molecule has 0 spiro atoms. The van der Waals surface area contributed by atoms with Gasteiger partial charge in [-0.3, -0.25) is 19.7 Å². The summed E-state index contributed by atoms with van der Waals surface area (Å²) in [7, 11) is 0. The highest BCUT2D eigenvalue weighted by Crippen LogP contribution is 2.36. The summed E-state index contributed by atoms with van der Waals surface area (Å²) in [6.07, 6.45) is 4.57. The van der Waals surface area contributed by atoms with Crippen LogP contribution >= 0.6 is 11.3 Å². The summed E-state index contributed by atoms with van der Waals surface area (Å²) in [5, 5.41) is 8.26. The smallest absolute Gasteiger partial charge is 0.248 e. The molecule has 0 radical (unpaired) electrons. The average Bonchev–Trinajstić information content (AvgIpc) is 3.28. The van der Waals surface area contributed by atoms with Gasteiger partial charge in [-0.05, 0) is 61.2 Å². The number of amides is 3. The molecule has 0 aliphatic carbocycles. The number of nitrogens with zero attached hydrogens (tertiary/aromatic N) is 1. The maximum Gasteiger partial charge on any atom is 0.248 e. The molecule has 1 aliphatic rings. The van der Waals surface area contributed by atoms with Crippen molar-refractivity contribution in [3.8, 4) is 5.75 Å². The molecule has 1 atom stereocenters. The predicted molar refractivity (Wildman–Crippen MR) is 136 cm³/mol. The maximum atomic E-state index is 12.6. The Morgan fingerprint density at radius 1 is 1.23 bits per heavy atom. The van der Waals surface area contributed by atoms with Gasteiger partial charge in [0.25, 0.3) is 0 Å². The Hall–Kier alpha value is -3.78. The Bertz CT molecular complexity index is 1270. The normalized spacial score (nSPS) is 17.9. The van der Waals surface area contributed by atoms with E-state index in [0.29, 0.717) is 37.3 Å². The van der Waals surface area contributed by atoms with Crippen molar-refractivity contribution >= 4 is 40.8 Å². The van der Waals surface area contributed by atoms with E-state index in [9.17, 15) is 14.4 Å². The number of hydrogen-bond acceptors (Lipinski definition) is 6. The van der Waals surface area contributed by atoms with Crippen LogP contribution in [0.5, 0.6) is 5.75 Å². The summed E-state index contributed by atoms with van der Waals surface area (Å²) < 4.78 is 5.80. The Balaban J connectivity index is 1.36. The topological polar surface area (TPSA) is 97.4 Å². The van der Waals surface area contributed by atoms with Gasteiger partial charge in [-0.2, -0.15) is 0 Å². The van der Waals surface area contributed by atoms with Gasteiger partial charge in [0.1, 0.15) is 12.4 Å². The van der Waals surface area contributed by atoms with E-state index in [-0.39, 0.29) is 17.7 Å². The second-order valence-electron chi connectivity index (χ2n) is 8.43. The molecule has 35 heavy (non-hydrogen) atoms. The SMILES string of the molecule is CCC1(c2ccc(NC(=O)/C=C/c3cccc(OCc4csc(C)n4)c3)cc2)CCC(=O)NC1=O. The molecule has 4 rings (SSSR count). The fraction of sp³-hybridized carbons (Fsp3) is 0.259. The minimum atomic E-state index is -0.720. The molecular weight excluding hydrogens is 462 g/mol. The van der Waals surface area contributed by atoms with Crippen molar-refractivity contribution in [2.24, 2.45) is 0 Å². The van der Waals surface area contributed by atoms with Crippen LogP contribution in [0.25, 0.3) is 6.08 Å². The van der Waals surface area contributed by atoms with Crippen LogP contribution in [0.15, 0.2) is 60.0 Å². The highest BCUT2D eigenvalue weighted by molar-refractivity contribution is 7.09. The lowest BCUT2D eigenvalue weighted by molar-refractivity contribution is -0.138. The number of ether oxygens (including phenoxy) is 1. The van der Waals surface area contributed by atoms with Crippen molar-refractivity contribution in [2.45, 2.75) is 45.1 Å². The summed E-state index contributed by atoms with van der Waals surface area (Å²) >= 11 is 1.59. The van der Waals surface area contributed by atoms with Gasteiger partial charge in [0, 0.05) is 23.6 Å². The summed E-state index contributed by atoms with van der Waals surface area (Å²) in [6, 6.07) is 14.7. The van der Waals surface area contributed by atoms with Crippen molar-refractivity contribution in [2.75, 3.05) is 5.32 Å². The van der Waals surface area contributed by atoms with Crippen LogP contribution in [0.4, 0.5) is 5.69 Å². The second-order valence-corrected chi connectivity index (χ2v) is 9.49. The Morgan fingerprint density at radius 3 is 2.71 bits per heavy atom. The number of nitrogens with one attached hydrogen (secondary N) is 2. The lowest BCUT2D eigenvalue weighted by Crippen LogP contribution is -2.51. The van der Waals surface area contributed by atoms with Gasteiger partial charge in [0.05, 0.1) is 16.1 Å². The van der Waals surface area contributed by atoms with E-state index in [0.717, 1.165) is 21.8 Å². The highest BCUT2D eigenvalue weighted by Gasteiger charge is 2.42. The number of aromatic nitrogens is 1. The van der Waals surface area contributed by atoms with E-state index in [1.54, 1.807) is 29.5 Å². The van der Waals surface area contributed by atoms with E-state index in [1.807, 2.05) is 55.6 Å². The molecular formula is C27H27N3O4S. The lowest BCUT2D eigenvalue weighted by atomic mass is 9.72. The number of carbonyl (C=O) groups excluding carboxylic acids is 3.